The van der Waals surface area contributed by atoms with Crippen molar-refractivity contribution in [1.82, 2.24) is 10.0 Å². The van der Waals surface area contributed by atoms with Crippen molar-refractivity contribution in [3.8, 4) is 0 Å². The van der Waals surface area contributed by atoms with Crippen molar-refractivity contribution < 1.29 is 13.2 Å². The molecule has 0 saturated heterocycles. The molecule has 0 fully saturated rings. The predicted molar refractivity (Wildman–Crippen MR) is 78.2 cm³/mol. The number of nitrogens with one attached hydrogen (secondary N) is 2. The summed E-state index contributed by atoms with van der Waals surface area (Å²) in [5, 5.41) is 4.35. The molecule has 2 rings (SSSR count). The van der Waals surface area contributed by atoms with E-state index in [0.717, 1.165) is 4.88 Å². The molecule has 1 heterocycles. The predicted octanol–water partition coefficient (Wildman–Crippen LogP) is 1.59. The van der Waals surface area contributed by atoms with E-state index in [2.05, 4.69) is 10.0 Å². The van der Waals surface area contributed by atoms with Gasteiger partial charge in [0.15, 0.2) is 0 Å². The first-order chi connectivity index (χ1) is 9.53. The highest BCUT2D eigenvalue weighted by atomic mass is 32.2. The molecular weight excluding hydrogens is 296 g/mol. The second kappa shape index (κ2) is 6.17. The Balaban J connectivity index is 2.18. The summed E-state index contributed by atoms with van der Waals surface area (Å²) in [7, 11) is -2.13. The van der Waals surface area contributed by atoms with E-state index in [1.54, 1.807) is 12.1 Å². The van der Waals surface area contributed by atoms with Crippen molar-refractivity contribution in [1.29, 1.82) is 0 Å². The van der Waals surface area contributed by atoms with Crippen LogP contribution in [0.3, 0.4) is 0 Å². The zero-order valence-electron chi connectivity index (χ0n) is 10.8. The lowest BCUT2D eigenvalue weighted by atomic mass is 10.2. The van der Waals surface area contributed by atoms with E-state index in [-0.39, 0.29) is 17.3 Å². The number of carbonyl (C=O) groups excluding carboxylic acids is 1. The molecule has 0 aliphatic heterocycles. The number of hydrogen-bond acceptors (Lipinski definition) is 4. The van der Waals surface area contributed by atoms with Crippen LogP contribution >= 0.6 is 11.3 Å². The van der Waals surface area contributed by atoms with Crippen LogP contribution in [0.15, 0.2) is 46.7 Å². The maximum Gasteiger partial charge on any atom is 0.251 e. The van der Waals surface area contributed by atoms with Crippen LogP contribution < -0.4 is 10.0 Å². The highest BCUT2D eigenvalue weighted by molar-refractivity contribution is 7.89. The molecule has 1 aromatic heterocycles. The van der Waals surface area contributed by atoms with Crippen LogP contribution in [0.1, 0.15) is 15.2 Å². The number of thiophene rings is 1. The SMILES string of the molecule is CNC(=O)c1cccc(S(=O)(=O)NCc2cccs2)c1. The Hall–Kier alpha value is -1.70. The summed E-state index contributed by atoms with van der Waals surface area (Å²) in [4.78, 5) is 12.5. The molecule has 1 amide bonds. The third-order valence-electron chi connectivity index (χ3n) is 2.65. The highest BCUT2D eigenvalue weighted by Gasteiger charge is 2.15. The minimum Gasteiger partial charge on any atom is -0.355 e. The lowest BCUT2D eigenvalue weighted by Crippen LogP contribution is -2.24. The first-order valence-electron chi connectivity index (χ1n) is 5.87. The van der Waals surface area contributed by atoms with E-state index < -0.39 is 10.0 Å². The molecule has 2 aromatic rings. The van der Waals surface area contributed by atoms with E-state index in [4.69, 9.17) is 0 Å². The summed E-state index contributed by atoms with van der Waals surface area (Å²) in [5.74, 6) is -0.319. The largest absolute Gasteiger partial charge is 0.355 e. The normalized spacial score (nSPS) is 11.2. The average molecular weight is 310 g/mol. The Kier molecular flexibility index (Phi) is 4.53. The topological polar surface area (TPSA) is 75.3 Å². The van der Waals surface area contributed by atoms with Gasteiger partial charge in [-0.1, -0.05) is 12.1 Å². The summed E-state index contributed by atoms with van der Waals surface area (Å²) in [6.45, 7) is 0.240. The van der Waals surface area contributed by atoms with Crippen LogP contribution in [0.2, 0.25) is 0 Å². The van der Waals surface area contributed by atoms with E-state index in [1.807, 2.05) is 17.5 Å². The molecule has 0 saturated carbocycles. The number of rotatable bonds is 5. The van der Waals surface area contributed by atoms with Crippen molar-refractivity contribution >= 4 is 27.3 Å². The van der Waals surface area contributed by atoms with Gasteiger partial charge in [-0.25, -0.2) is 13.1 Å². The molecule has 0 aliphatic rings. The van der Waals surface area contributed by atoms with Crippen molar-refractivity contribution in [2.45, 2.75) is 11.4 Å². The van der Waals surface area contributed by atoms with Gasteiger partial charge >= 0.3 is 0 Å². The minimum atomic E-state index is -3.62. The Labute approximate surface area is 121 Å². The molecule has 106 valence electrons. The summed E-state index contributed by atoms with van der Waals surface area (Å²) >= 11 is 1.48. The third kappa shape index (κ3) is 3.44. The molecule has 0 unspecified atom stereocenters. The molecule has 0 atom stereocenters. The molecule has 0 radical (unpaired) electrons. The van der Waals surface area contributed by atoms with Gasteiger partial charge in [0.25, 0.3) is 5.91 Å². The van der Waals surface area contributed by atoms with Crippen molar-refractivity contribution in [2.75, 3.05) is 7.05 Å². The fraction of sp³-hybridized carbons (Fsp3) is 0.154. The lowest BCUT2D eigenvalue weighted by molar-refractivity contribution is 0.0963. The van der Waals surface area contributed by atoms with Gasteiger partial charge in [0.2, 0.25) is 10.0 Å². The van der Waals surface area contributed by atoms with Gasteiger partial charge in [-0.05, 0) is 29.6 Å². The number of hydrogen-bond donors (Lipinski definition) is 2. The van der Waals surface area contributed by atoms with Gasteiger partial charge in [-0.2, -0.15) is 0 Å². The van der Waals surface area contributed by atoms with Crippen molar-refractivity contribution in [2.24, 2.45) is 0 Å². The Morgan fingerprint density at radius 3 is 2.70 bits per heavy atom. The third-order valence-corrected chi connectivity index (χ3v) is 4.93. The van der Waals surface area contributed by atoms with E-state index in [1.165, 1.54) is 30.5 Å². The van der Waals surface area contributed by atoms with Crippen LogP contribution in [-0.2, 0) is 16.6 Å². The van der Waals surface area contributed by atoms with Crippen LogP contribution in [-0.4, -0.2) is 21.4 Å². The second-order valence-corrected chi connectivity index (χ2v) is 6.81. The molecule has 5 nitrogen and oxygen atoms in total. The number of amides is 1. The molecule has 0 aliphatic carbocycles. The van der Waals surface area contributed by atoms with Gasteiger partial charge in [0.05, 0.1) is 4.90 Å². The summed E-state index contributed by atoms with van der Waals surface area (Å²) in [6.07, 6.45) is 0. The molecule has 0 bridgehead atoms. The fourth-order valence-electron chi connectivity index (χ4n) is 1.61. The van der Waals surface area contributed by atoms with Crippen LogP contribution in [0.25, 0.3) is 0 Å². The van der Waals surface area contributed by atoms with Crippen molar-refractivity contribution in [3.05, 3.63) is 52.2 Å². The van der Waals surface area contributed by atoms with E-state index in [9.17, 15) is 13.2 Å². The van der Waals surface area contributed by atoms with Gasteiger partial charge in [0, 0.05) is 24.0 Å². The molecule has 20 heavy (non-hydrogen) atoms. The maximum absolute atomic E-state index is 12.2. The zero-order chi connectivity index (χ0) is 14.6. The minimum absolute atomic E-state index is 0.0788. The Morgan fingerprint density at radius 1 is 1.25 bits per heavy atom. The molecule has 2 N–H and O–H groups in total. The van der Waals surface area contributed by atoms with Gasteiger partial charge in [-0.3, -0.25) is 4.79 Å². The quantitative estimate of drug-likeness (QED) is 0.880. The highest BCUT2D eigenvalue weighted by Crippen LogP contribution is 2.14. The average Bonchev–Trinajstić information content (AvgIpc) is 2.98. The summed E-state index contributed by atoms with van der Waals surface area (Å²) < 4.78 is 26.8. The summed E-state index contributed by atoms with van der Waals surface area (Å²) in [5.41, 5.74) is 0.312. The number of sulfonamides is 1. The maximum atomic E-state index is 12.2. The van der Waals surface area contributed by atoms with Gasteiger partial charge in [-0.15, -0.1) is 11.3 Å². The standard InChI is InChI=1S/C13H14N2O3S2/c1-14-13(16)10-4-2-6-12(8-10)20(17,18)15-9-11-5-3-7-19-11/h2-8,15H,9H2,1H3,(H,14,16). The Morgan fingerprint density at radius 2 is 2.05 bits per heavy atom. The van der Waals surface area contributed by atoms with E-state index >= 15 is 0 Å². The van der Waals surface area contributed by atoms with Crippen LogP contribution in [0, 0.1) is 0 Å². The Bertz CT molecular complexity index is 694. The van der Waals surface area contributed by atoms with Gasteiger partial charge in [0.1, 0.15) is 0 Å². The summed E-state index contributed by atoms with van der Waals surface area (Å²) in [6, 6.07) is 9.65. The first-order valence-corrected chi connectivity index (χ1v) is 8.23. The zero-order valence-corrected chi connectivity index (χ0v) is 12.4. The second-order valence-electron chi connectivity index (χ2n) is 4.01. The fourth-order valence-corrected chi connectivity index (χ4v) is 3.40. The van der Waals surface area contributed by atoms with Crippen LogP contribution in [0.5, 0.6) is 0 Å². The van der Waals surface area contributed by atoms with Crippen LogP contribution in [0.4, 0.5) is 0 Å². The molecule has 1 aromatic carbocycles. The first kappa shape index (κ1) is 14.7. The number of carbonyl (C=O) groups is 1. The smallest absolute Gasteiger partial charge is 0.251 e. The molecule has 7 heteroatoms. The van der Waals surface area contributed by atoms with Crippen molar-refractivity contribution in [3.63, 3.8) is 0 Å². The van der Waals surface area contributed by atoms with Gasteiger partial charge < -0.3 is 5.32 Å². The monoisotopic (exact) mass is 310 g/mol. The molecule has 0 spiro atoms. The molecular formula is C13H14N2O3S2. The lowest BCUT2D eigenvalue weighted by Gasteiger charge is -2.07. The number of benzene rings is 1. The van der Waals surface area contributed by atoms with E-state index in [0.29, 0.717) is 5.56 Å².